The zero-order chi connectivity index (χ0) is 17.3. The lowest BCUT2D eigenvalue weighted by molar-refractivity contribution is 0.294. The minimum absolute atomic E-state index is 0.215. The van der Waals surface area contributed by atoms with Gasteiger partial charge in [0.2, 0.25) is 0 Å². The Kier molecular flexibility index (Phi) is 6.87. The molecule has 1 aliphatic carbocycles. The lowest BCUT2D eigenvalue weighted by Gasteiger charge is -2.22. The molecule has 0 aliphatic heterocycles. The number of benzene rings is 2. The first-order valence-corrected chi connectivity index (χ1v) is 9.50. The van der Waals surface area contributed by atoms with Gasteiger partial charge < -0.3 is 10.1 Å². The minimum Gasteiger partial charge on any atom is -0.488 e. The van der Waals surface area contributed by atoms with Crippen molar-refractivity contribution < 1.29 is 9.13 Å². The van der Waals surface area contributed by atoms with Crippen LogP contribution in [-0.4, -0.2) is 6.04 Å². The van der Waals surface area contributed by atoms with Crippen molar-refractivity contribution in [3.63, 3.8) is 0 Å². The van der Waals surface area contributed by atoms with Gasteiger partial charge in [-0.05, 0) is 25.0 Å². The van der Waals surface area contributed by atoms with E-state index in [4.69, 9.17) is 4.74 Å². The maximum absolute atomic E-state index is 13.8. The highest BCUT2D eigenvalue weighted by molar-refractivity contribution is 5.33. The Hall–Kier alpha value is -1.87. The van der Waals surface area contributed by atoms with Crippen molar-refractivity contribution in [2.75, 3.05) is 0 Å². The van der Waals surface area contributed by atoms with E-state index < -0.39 is 0 Å². The summed E-state index contributed by atoms with van der Waals surface area (Å²) in [5.41, 5.74) is 1.73. The Morgan fingerprint density at radius 3 is 2.24 bits per heavy atom. The first-order chi connectivity index (χ1) is 12.3. The Morgan fingerprint density at radius 1 is 0.840 bits per heavy atom. The number of rotatable bonds is 6. The molecule has 3 rings (SSSR count). The predicted octanol–water partition coefficient (Wildman–Crippen LogP) is 5.61. The van der Waals surface area contributed by atoms with E-state index in [1.165, 1.54) is 51.0 Å². The van der Waals surface area contributed by atoms with Gasteiger partial charge in [-0.2, -0.15) is 0 Å². The van der Waals surface area contributed by atoms with E-state index in [9.17, 15) is 4.39 Å². The highest BCUT2D eigenvalue weighted by Gasteiger charge is 2.12. The molecule has 2 nitrogen and oxygen atoms in total. The SMILES string of the molecule is Fc1ccccc1COc1ccccc1CNC1CCCCCCC1. The summed E-state index contributed by atoms with van der Waals surface area (Å²) in [6.07, 6.45) is 9.28. The third-order valence-electron chi connectivity index (χ3n) is 5.00. The summed E-state index contributed by atoms with van der Waals surface area (Å²) in [6.45, 7) is 1.06. The van der Waals surface area contributed by atoms with Crippen molar-refractivity contribution >= 4 is 0 Å². The third-order valence-corrected chi connectivity index (χ3v) is 5.00. The highest BCUT2D eigenvalue weighted by Crippen LogP contribution is 2.22. The van der Waals surface area contributed by atoms with Crippen LogP contribution in [0.2, 0.25) is 0 Å². The number of halogens is 1. The maximum Gasteiger partial charge on any atom is 0.129 e. The minimum atomic E-state index is -0.215. The van der Waals surface area contributed by atoms with Crippen LogP contribution in [0.1, 0.15) is 56.1 Å². The summed E-state index contributed by atoms with van der Waals surface area (Å²) < 4.78 is 19.7. The van der Waals surface area contributed by atoms with Crippen LogP contribution in [0.5, 0.6) is 5.75 Å². The van der Waals surface area contributed by atoms with Gasteiger partial charge in [-0.15, -0.1) is 0 Å². The van der Waals surface area contributed by atoms with Crippen molar-refractivity contribution in [2.45, 2.75) is 64.1 Å². The molecule has 0 amide bonds. The fourth-order valence-electron chi connectivity index (χ4n) is 3.48. The molecule has 0 saturated heterocycles. The fraction of sp³-hybridized carbons (Fsp3) is 0.455. The third kappa shape index (κ3) is 5.57. The van der Waals surface area contributed by atoms with Crippen molar-refractivity contribution in [2.24, 2.45) is 0 Å². The van der Waals surface area contributed by atoms with Crippen LogP contribution < -0.4 is 10.1 Å². The summed E-state index contributed by atoms with van der Waals surface area (Å²) in [7, 11) is 0. The van der Waals surface area contributed by atoms with Crippen molar-refractivity contribution in [3.8, 4) is 5.75 Å². The smallest absolute Gasteiger partial charge is 0.129 e. The largest absolute Gasteiger partial charge is 0.488 e. The quantitative estimate of drug-likeness (QED) is 0.737. The van der Waals surface area contributed by atoms with Gasteiger partial charge in [0.25, 0.3) is 0 Å². The molecule has 2 aromatic rings. The van der Waals surface area contributed by atoms with Gasteiger partial charge in [-0.25, -0.2) is 4.39 Å². The molecule has 0 atom stereocenters. The zero-order valence-electron chi connectivity index (χ0n) is 14.8. The van der Waals surface area contributed by atoms with Gasteiger partial charge >= 0.3 is 0 Å². The average Bonchev–Trinajstić information content (AvgIpc) is 2.61. The zero-order valence-corrected chi connectivity index (χ0v) is 14.8. The molecule has 2 aromatic carbocycles. The molecule has 134 valence electrons. The molecule has 1 fully saturated rings. The number of ether oxygens (including phenoxy) is 1. The van der Waals surface area contributed by atoms with Gasteiger partial charge in [0.05, 0.1) is 0 Å². The Labute approximate surface area is 150 Å². The second kappa shape index (κ2) is 9.57. The molecule has 1 saturated carbocycles. The summed E-state index contributed by atoms with van der Waals surface area (Å²) in [5.74, 6) is 0.622. The van der Waals surface area contributed by atoms with E-state index in [2.05, 4.69) is 11.4 Å². The van der Waals surface area contributed by atoms with Gasteiger partial charge in [0.1, 0.15) is 18.2 Å². The fourth-order valence-corrected chi connectivity index (χ4v) is 3.48. The topological polar surface area (TPSA) is 21.3 Å². The summed E-state index contributed by atoms with van der Waals surface area (Å²) in [6, 6.07) is 15.4. The molecule has 0 radical (unpaired) electrons. The molecule has 0 bridgehead atoms. The lowest BCUT2D eigenvalue weighted by Crippen LogP contribution is -2.29. The van der Waals surface area contributed by atoms with Crippen molar-refractivity contribution in [1.29, 1.82) is 0 Å². The normalized spacial score (nSPS) is 16.2. The molecular formula is C22H28FNO. The summed E-state index contributed by atoms with van der Waals surface area (Å²) >= 11 is 0. The van der Waals surface area contributed by atoms with E-state index in [0.29, 0.717) is 11.6 Å². The molecule has 0 aromatic heterocycles. The molecule has 25 heavy (non-hydrogen) atoms. The maximum atomic E-state index is 13.8. The van der Waals surface area contributed by atoms with Crippen LogP contribution in [0.4, 0.5) is 4.39 Å². The van der Waals surface area contributed by atoms with Gasteiger partial charge in [-0.3, -0.25) is 0 Å². The second-order valence-corrected chi connectivity index (χ2v) is 6.91. The van der Waals surface area contributed by atoms with Crippen molar-refractivity contribution in [1.82, 2.24) is 5.32 Å². The first kappa shape index (κ1) is 17.9. The Balaban J connectivity index is 1.57. The highest BCUT2D eigenvalue weighted by atomic mass is 19.1. The lowest BCUT2D eigenvalue weighted by atomic mass is 9.96. The van der Waals surface area contributed by atoms with Crippen LogP contribution in [0, 0.1) is 5.82 Å². The van der Waals surface area contributed by atoms with Crippen LogP contribution in [0.3, 0.4) is 0 Å². The van der Waals surface area contributed by atoms with E-state index in [-0.39, 0.29) is 12.4 Å². The molecule has 1 aliphatic rings. The number of hydrogen-bond donors (Lipinski definition) is 1. The number of para-hydroxylation sites is 1. The molecular weight excluding hydrogens is 313 g/mol. The van der Waals surface area contributed by atoms with Gasteiger partial charge in [-0.1, -0.05) is 68.5 Å². The van der Waals surface area contributed by atoms with Crippen LogP contribution in [0.15, 0.2) is 48.5 Å². The van der Waals surface area contributed by atoms with Crippen LogP contribution in [-0.2, 0) is 13.2 Å². The van der Waals surface area contributed by atoms with Crippen molar-refractivity contribution in [3.05, 3.63) is 65.5 Å². The van der Waals surface area contributed by atoms with Crippen LogP contribution >= 0.6 is 0 Å². The standard InChI is InChI=1S/C22H28FNO/c23-21-14-8-6-11-19(21)17-25-22-15-9-7-10-18(22)16-24-20-12-4-2-1-3-5-13-20/h6-11,14-15,20,24H,1-5,12-13,16-17H2. The summed E-state index contributed by atoms with van der Waals surface area (Å²) in [5, 5.41) is 3.70. The Bertz CT molecular complexity index is 650. The van der Waals surface area contributed by atoms with Crippen LogP contribution in [0.25, 0.3) is 0 Å². The second-order valence-electron chi connectivity index (χ2n) is 6.91. The molecule has 0 unspecified atom stereocenters. The van der Waals surface area contributed by atoms with E-state index >= 15 is 0 Å². The average molecular weight is 341 g/mol. The van der Waals surface area contributed by atoms with E-state index in [1.54, 1.807) is 12.1 Å². The first-order valence-electron chi connectivity index (χ1n) is 9.50. The number of nitrogens with one attached hydrogen (secondary N) is 1. The van der Waals surface area contributed by atoms with E-state index in [0.717, 1.165) is 17.9 Å². The monoisotopic (exact) mass is 341 g/mol. The van der Waals surface area contributed by atoms with Gasteiger partial charge in [0, 0.05) is 23.7 Å². The Morgan fingerprint density at radius 2 is 1.48 bits per heavy atom. The summed E-state index contributed by atoms with van der Waals surface area (Å²) in [4.78, 5) is 0. The predicted molar refractivity (Wildman–Crippen MR) is 100 cm³/mol. The van der Waals surface area contributed by atoms with Gasteiger partial charge in [0.15, 0.2) is 0 Å². The molecule has 3 heteroatoms. The molecule has 0 spiro atoms. The molecule has 1 N–H and O–H groups in total. The number of hydrogen-bond acceptors (Lipinski definition) is 2. The van der Waals surface area contributed by atoms with E-state index in [1.807, 2.05) is 24.3 Å². The molecule has 0 heterocycles.